The molecular formula is C24H27N3O5. The summed E-state index contributed by atoms with van der Waals surface area (Å²) in [4.78, 5) is 29.9. The van der Waals surface area contributed by atoms with Gasteiger partial charge in [-0.3, -0.25) is 9.69 Å². The molecule has 0 aromatic heterocycles. The van der Waals surface area contributed by atoms with Crippen LogP contribution in [0.3, 0.4) is 0 Å². The van der Waals surface area contributed by atoms with Gasteiger partial charge in [0.1, 0.15) is 0 Å². The SMILES string of the molecule is Cc1ccc(N2C(=O)Nc3ccccc3[C@]2(O)C(=O)N2CCC3(CC2)OCCO3)cc1C. The molecule has 32 heavy (non-hydrogen) atoms. The Morgan fingerprint density at radius 1 is 1.03 bits per heavy atom. The Bertz CT molecular complexity index is 1070. The number of anilines is 2. The first-order chi connectivity index (χ1) is 15.3. The number of benzene rings is 2. The van der Waals surface area contributed by atoms with Gasteiger partial charge in [0, 0.05) is 37.2 Å². The lowest BCUT2D eigenvalue weighted by Crippen LogP contribution is -2.64. The maximum absolute atomic E-state index is 13.9. The van der Waals surface area contributed by atoms with Gasteiger partial charge in [-0.25, -0.2) is 4.79 Å². The molecule has 168 valence electrons. The summed E-state index contributed by atoms with van der Waals surface area (Å²) < 4.78 is 11.5. The van der Waals surface area contributed by atoms with E-state index in [9.17, 15) is 14.7 Å². The van der Waals surface area contributed by atoms with Crippen LogP contribution in [0.1, 0.15) is 29.5 Å². The Balaban J connectivity index is 1.55. The fraction of sp³-hybridized carbons (Fsp3) is 0.417. The normalized spacial score (nSPS) is 24.4. The summed E-state index contributed by atoms with van der Waals surface area (Å²) in [7, 11) is 0. The van der Waals surface area contributed by atoms with Gasteiger partial charge in [0.15, 0.2) is 5.79 Å². The molecule has 2 aromatic rings. The van der Waals surface area contributed by atoms with E-state index < -0.39 is 23.5 Å². The summed E-state index contributed by atoms with van der Waals surface area (Å²) in [5.74, 6) is -1.18. The van der Waals surface area contributed by atoms with Crippen LogP contribution in [0.25, 0.3) is 0 Å². The van der Waals surface area contributed by atoms with E-state index >= 15 is 0 Å². The highest BCUT2D eigenvalue weighted by molar-refractivity contribution is 6.11. The van der Waals surface area contributed by atoms with Crippen molar-refractivity contribution < 1.29 is 24.2 Å². The van der Waals surface area contributed by atoms with Crippen LogP contribution in [-0.4, -0.2) is 54.0 Å². The maximum atomic E-state index is 13.9. The number of ether oxygens (including phenoxy) is 2. The fourth-order valence-electron chi connectivity index (χ4n) is 4.77. The highest BCUT2D eigenvalue weighted by Gasteiger charge is 2.54. The van der Waals surface area contributed by atoms with Crippen molar-refractivity contribution in [1.82, 2.24) is 4.90 Å². The number of hydrogen-bond donors (Lipinski definition) is 2. The first-order valence-corrected chi connectivity index (χ1v) is 10.9. The van der Waals surface area contributed by atoms with Gasteiger partial charge >= 0.3 is 6.03 Å². The van der Waals surface area contributed by atoms with Gasteiger partial charge in [-0.15, -0.1) is 0 Å². The van der Waals surface area contributed by atoms with Crippen molar-refractivity contribution in [1.29, 1.82) is 0 Å². The maximum Gasteiger partial charge on any atom is 0.329 e. The Labute approximate surface area is 186 Å². The highest BCUT2D eigenvalue weighted by Crippen LogP contribution is 2.42. The zero-order valence-corrected chi connectivity index (χ0v) is 18.3. The van der Waals surface area contributed by atoms with Gasteiger partial charge in [-0.05, 0) is 43.2 Å². The molecule has 2 N–H and O–H groups in total. The van der Waals surface area contributed by atoms with Crippen LogP contribution >= 0.6 is 0 Å². The quantitative estimate of drug-likeness (QED) is 0.754. The van der Waals surface area contributed by atoms with E-state index in [2.05, 4.69) is 5.32 Å². The average molecular weight is 437 g/mol. The lowest BCUT2D eigenvalue weighted by Gasteiger charge is -2.46. The van der Waals surface area contributed by atoms with Crippen LogP contribution in [0, 0.1) is 13.8 Å². The average Bonchev–Trinajstić information content (AvgIpc) is 3.24. The van der Waals surface area contributed by atoms with E-state index in [0.717, 1.165) is 16.0 Å². The second-order valence-electron chi connectivity index (χ2n) is 8.65. The topological polar surface area (TPSA) is 91.3 Å². The number of nitrogens with zero attached hydrogens (tertiary/aromatic N) is 2. The standard InChI is InChI=1S/C24H27N3O5/c1-16-7-8-18(15-17(16)2)27-22(29)25-20-6-4-3-5-19(20)24(27,30)21(28)26-11-9-23(10-12-26)31-13-14-32-23/h3-8,15,30H,9-14H2,1-2H3,(H,25,29)/t24-/m0/s1. The molecule has 1 atom stereocenters. The number of para-hydroxylation sites is 1. The van der Waals surface area contributed by atoms with Crippen molar-refractivity contribution >= 4 is 23.3 Å². The van der Waals surface area contributed by atoms with Crippen molar-refractivity contribution in [2.45, 2.75) is 38.2 Å². The van der Waals surface area contributed by atoms with Crippen LogP contribution in [0.4, 0.5) is 16.2 Å². The molecule has 8 nitrogen and oxygen atoms in total. The first-order valence-electron chi connectivity index (χ1n) is 10.9. The van der Waals surface area contributed by atoms with E-state index in [1.807, 2.05) is 26.0 Å². The number of fused-ring (bicyclic) bond motifs is 1. The van der Waals surface area contributed by atoms with E-state index in [1.54, 1.807) is 35.2 Å². The molecule has 2 saturated heterocycles. The lowest BCUT2D eigenvalue weighted by molar-refractivity contribution is -0.192. The molecule has 2 fully saturated rings. The minimum Gasteiger partial charge on any atom is -0.359 e. The molecule has 1 spiro atoms. The molecule has 0 radical (unpaired) electrons. The Kier molecular flexibility index (Phi) is 4.96. The molecule has 8 heteroatoms. The third-order valence-electron chi connectivity index (χ3n) is 6.74. The molecule has 0 aliphatic carbocycles. The van der Waals surface area contributed by atoms with Crippen molar-refractivity contribution in [3.05, 3.63) is 59.2 Å². The molecule has 3 aliphatic rings. The number of aliphatic hydroxyl groups is 1. The number of nitrogens with one attached hydrogen (secondary N) is 1. The molecule has 5 rings (SSSR count). The number of carbonyl (C=O) groups excluding carboxylic acids is 2. The van der Waals surface area contributed by atoms with Gasteiger partial charge in [0.25, 0.3) is 11.6 Å². The molecule has 0 saturated carbocycles. The summed E-state index contributed by atoms with van der Waals surface area (Å²) in [5, 5.41) is 14.9. The molecule has 0 unspecified atom stereocenters. The molecule has 2 aromatic carbocycles. The van der Waals surface area contributed by atoms with Gasteiger partial charge < -0.3 is 24.8 Å². The van der Waals surface area contributed by atoms with Gasteiger partial charge in [-0.1, -0.05) is 24.3 Å². The molecule has 3 heterocycles. The summed E-state index contributed by atoms with van der Waals surface area (Å²) in [6.07, 6.45) is 1.04. The van der Waals surface area contributed by atoms with Crippen LogP contribution in [0.5, 0.6) is 0 Å². The number of rotatable bonds is 2. The van der Waals surface area contributed by atoms with Crippen LogP contribution in [0.2, 0.25) is 0 Å². The first kappa shape index (κ1) is 20.9. The third kappa shape index (κ3) is 3.18. The Morgan fingerprint density at radius 2 is 1.72 bits per heavy atom. The largest absolute Gasteiger partial charge is 0.359 e. The summed E-state index contributed by atoms with van der Waals surface area (Å²) >= 11 is 0. The molecule has 3 aliphatic heterocycles. The van der Waals surface area contributed by atoms with E-state index in [0.29, 0.717) is 56.1 Å². The number of hydrogen-bond acceptors (Lipinski definition) is 5. The van der Waals surface area contributed by atoms with Gasteiger partial charge in [0.2, 0.25) is 0 Å². The summed E-state index contributed by atoms with van der Waals surface area (Å²) in [5.41, 5.74) is 1.05. The van der Waals surface area contributed by atoms with Crippen molar-refractivity contribution in [2.75, 3.05) is 36.5 Å². The van der Waals surface area contributed by atoms with Crippen LogP contribution in [-0.2, 0) is 20.0 Å². The number of urea groups is 1. The molecular weight excluding hydrogens is 410 g/mol. The minimum atomic E-state index is -2.18. The number of carbonyl (C=O) groups is 2. The summed E-state index contributed by atoms with van der Waals surface area (Å²) in [6.45, 7) is 5.73. The minimum absolute atomic E-state index is 0.344. The van der Waals surface area contributed by atoms with Gasteiger partial charge in [0.05, 0.1) is 18.9 Å². The summed E-state index contributed by atoms with van der Waals surface area (Å²) in [6, 6.07) is 11.8. The number of amides is 3. The second-order valence-corrected chi connectivity index (χ2v) is 8.65. The van der Waals surface area contributed by atoms with Crippen LogP contribution < -0.4 is 10.2 Å². The highest BCUT2D eigenvalue weighted by atomic mass is 16.7. The fourth-order valence-corrected chi connectivity index (χ4v) is 4.77. The number of aryl methyl sites for hydroxylation is 2. The third-order valence-corrected chi connectivity index (χ3v) is 6.74. The smallest absolute Gasteiger partial charge is 0.329 e. The van der Waals surface area contributed by atoms with Crippen LogP contribution in [0.15, 0.2) is 42.5 Å². The Hall–Kier alpha value is -2.94. The lowest BCUT2D eigenvalue weighted by atomic mass is 9.92. The van der Waals surface area contributed by atoms with E-state index in [-0.39, 0.29) is 0 Å². The van der Waals surface area contributed by atoms with Gasteiger partial charge in [-0.2, -0.15) is 0 Å². The Morgan fingerprint density at radius 3 is 2.41 bits per heavy atom. The predicted molar refractivity (Wildman–Crippen MR) is 118 cm³/mol. The van der Waals surface area contributed by atoms with E-state index in [4.69, 9.17) is 9.47 Å². The zero-order valence-electron chi connectivity index (χ0n) is 18.3. The van der Waals surface area contributed by atoms with Crippen molar-refractivity contribution in [3.63, 3.8) is 0 Å². The second kappa shape index (κ2) is 7.58. The predicted octanol–water partition coefficient (Wildman–Crippen LogP) is 2.87. The zero-order chi connectivity index (χ0) is 22.5. The number of piperidine rings is 1. The number of likely N-dealkylation sites (tertiary alicyclic amines) is 1. The molecule has 0 bridgehead atoms. The van der Waals surface area contributed by atoms with Crippen molar-refractivity contribution in [2.24, 2.45) is 0 Å². The van der Waals surface area contributed by atoms with Crippen molar-refractivity contribution in [3.8, 4) is 0 Å². The monoisotopic (exact) mass is 437 g/mol. The molecule has 3 amide bonds. The van der Waals surface area contributed by atoms with E-state index in [1.165, 1.54) is 0 Å².